The third kappa shape index (κ3) is 3.79. The first-order chi connectivity index (χ1) is 8.79. The smallest absolute Gasteiger partial charge is 0.128 e. The summed E-state index contributed by atoms with van der Waals surface area (Å²) in [5, 5.41) is 3.07. The van der Waals surface area contributed by atoms with Crippen LogP contribution in [0.1, 0.15) is 43.2 Å². The second-order valence-corrected chi connectivity index (χ2v) is 5.03. The molecule has 0 aromatic heterocycles. The Bertz CT molecular complexity index is 375. The number of hydrogen-bond acceptors (Lipinski definition) is 2. The molecule has 0 atom stereocenters. The van der Waals surface area contributed by atoms with Crippen LogP contribution in [0, 0.1) is 5.82 Å². The van der Waals surface area contributed by atoms with Crippen molar-refractivity contribution in [2.75, 3.05) is 7.05 Å². The van der Waals surface area contributed by atoms with Gasteiger partial charge >= 0.3 is 0 Å². The SMILES string of the molecule is CNCc1ccc(F)c(COC2CCCCC2)c1. The van der Waals surface area contributed by atoms with E-state index in [1.54, 1.807) is 0 Å². The van der Waals surface area contributed by atoms with Gasteiger partial charge in [0.15, 0.2) is 0 Å². The number of rotatable bonds is 5. The Balaban J connectivity index is 1.92. The van der Waals surface area contributed by atoms with Crippen LogP contribution >= 0.6 is 0 Å². The summed E-state index contributed by atoms with van der Waals surface area (Å²) in [5.41, 5.74) is 1.77. The molecule has 100 valence electrons. The second-order valence-electron chi connectivity index (χ2n) is 5.03. The van der Waals surface area contributed by atoms with E-state index in [1.807, 2.05) is 19.2 Å². The van der Waals surface area contributed by atoms with E-state index in [4.69, 9.17) is 4.74 Å². The Labute approximate surface area is 109 Å². The van der Waals surface area contributed by atoms with Crippen LogP contribution in [0.4, 0.5) is 4.39 Å². The molecule has 0 unspecified atom stereocenters. The maximum absolute atomic E-state index is 13.7. The third-order valence-corrected chi connectivity index (χ3v) is 3.52. The van der Waals surface area contributed by atoms with Crippen molar-refractivity contribution in [2.24, 2.45) is 0 Å². The molecule has 18 heavy (non-hydrogen) atoms. The number of nitrogens with one attached hydrogen (secondary N) is 1. The van der Waals surface area contributed by atoms with Gasteiger partial charge < -0.3 is 10.1 Å². The Morgan fingerprint density at radius 3 is 2.78 bits per heavy atom. The van der Waals surface area contributed by atoms with Crippen molar-refractivity contribution in [1.82, 2.24) is 5.32 Å². The minimum atomic E-state index is -0.161. The molecular formula is C15H22FNO. The van der Waals surface area contributed by atoms with Gasteiger partial charge in [0.25, 0.3) is 0 Å². The van der Waals surface area contributed by atoms with Gasteiger partial charge in [-0.25, -0.2) is 4.39 Å². The monoisotopic (exact) mass is 251 g/mol. The van der Waals surface area contributed by atoms with E-state index in [0.29, 0.717) is 18.3 Å². The first-order valence-corrected chi connectivity index (χ1v) is 6.83. The summed E-state index contributed by atoms with van der Waals surface area (Å²) < 4.78 is 19.5. The van der Waals surface area contributed by atoms with Gasteiger partial charge in [-0.3, -0.25) is 0 Å². The normalized spacial score (nSPS) is 17.0. The minimum absolute atomic E-state index is 0.161. The first kappa shape index (κ1) is 13.5. The van der Waals surface area contributed by atoms with E-state index in [2.05, 4.69) is 5.32 Å². The first-order valence-electron chi connectivity index (χ1n) is 6.83. The molecule has 0 spiro atoms. The van der Waals surface area contributed by atoms with E-state index < -0.39 is 0 Å². The fourth-order valence-corrected chi connectivity index (χ4v) is 2.49. The van der Waals surface area contributed by atoms with Crippen molar-refractivity contribution < 1.29 is 9.13 Å². The highest BCUT2D eigenvalue weighted by Crippen LogP contribution is 2.22. The predicted molar refractivity (Wildman–Crippen MR) is 70.8 cm³/mol. The van der Waals surface area contributed by atoms with Crippen molar-refractivity contribution in [1.29, 1.82) is 0 Å². The largest absolute Gasteiger partial charge is 0.373 e. The molecule has 1 aliphatic rings. The van der Waals surface area contributed by atoms with Gasteiger partial charge in [0.05, 0.1) is 12.7 Å². The lowest BCUT2D eigenvalue weighted by atomic mass is 9.98. The summed E-state index contributed by atoms with van der Waals surface area (Å²) in [6, 6.07) is 5.25. The maximum Gasteiger partial charge on any atom is 0.128 e. The number of benzene rings is 1. The van der Waals surface area contributed by atoms with Crippen LogP contribution in [0.25, 0.3) is 0 Å². The van der Waals surface area contributed by atoms with Crippen molar-refractivity contribution in [2.45, 2.75) is 51.4 Å². The van der Waals surface area contributed by atoms with Crippen molar-refractivity contribution in [3.05, 3.63) is 35.1 Å². The highest BCUT2D eigenvalue weighted by molar-refractivity contribution is 5.24. The molecule has 1 aromatic carbocycles. The lowest BCUT2D eigenvalue weighted by Gasteiger charge is -2.22. The fraction of sp³-hybridized carbons (Fsp3) is 0.600. The molecule has 0 bridgehead atoms. The zero-order chi connectivity index (χ0) is 12.8. The van der Waals surface area contributed by atoms with Crippen LogP contribution in [0.15, 0.2) is 18.2 Å². The standard InChI is InChI=1S/C15H22FNO/c1-17-10-12-7-8-15(16)13(9-12)11-18-14-5-3-2-4-6-14/h7-9,14,17H,2-6,10-11H2,1H3. The molecule has 1 fully saturated rings. The van der Waals surface area contributed by atoms with Gasteiger partial charge in [-0.05, 0) is 37.6 Å². The minimum Gasteiger partial charge on any atom is -0.373 e. The molecule has 1 aliphatic carbocycles. The zero-order valence-electron chi connectivity index (χ0n) is 11.0. The van der Waals surface area contributed by atoms with Crippen molar-refractivity contribution in [3.8, 4) is 0 Å². The lowest BCUT2D eigenvalue weighted by molar-refractivity contribution is 0.0156. The van der Waals surface area contributed by atoms with Crippen molar-refractivity contribution >= 4 is 0 Å². The highest BCUT2D eigenvalue weighted by Gasteiger charge is 2.14. The quantitative estimate of drug-likeness (QED) is 0.866. The Morgan fingerprint density at radius 2 is 2.06 bits per heavy atom. The summed E-state index contributed by atoms with van der Waals surface area (Å²) in [7, 11) is 1.89. The predicted octanol–water partition coefficient (Wildman–Crippen LogP) is 3.39. The van der Waals surface area contributed by atoms with Gasteiger partial charge in [-0.15, -0.1) is 0 Å². The van der Waals surface area contributed by atoms with E-state index in [0.717, 1.165) is 24.9 Å². The Kier molecular flexibility index (Phi) is 5.14. The fourth-order valence-electron chi connectivity index (χ4n) is 2.49. The summed E-state index contributed by atoms with van der Waals surface area (Å²) in [6.07, 6.45) is 6.37. The number of hydrogen-bond donors (Lipinski definition) is 1. The summed E-state index contributed by atoms with van der Waals surface area (Å²) in [5.74, 6) is -0.161. The molecule has 1 aromatic rings. The van der Waals surface area contributed by atoms with Crippen LogP contribution in [-0.2, 0) is 17.9 Å². The third-order valence-electron chi connectivity index (χ3n) is 3.52. The average molecular weight is 251 g/mol. The summed E-state index contributed by atoms with van der Waals surface area (Å²) in [6.45, 7) is 1.16. The van der Waals surface area contributed by atoms with E-state index in [-0.39, 0.29) is 5.82 Å². The van der Waals surface area contributed by atoms with Gasteiger partial charge in [0, 0.05) is 12.1 Å². The molecule has 0 amide bonds. The zero-order valence-corrected chi connectivity index (χ0v) is 11.0. The molecule has 2 rings (SSSR count). The molecular weight excluding hydrogens is 229 g/mol. The number of ether oxygens (including phenoxy) is 1. The number of halogens is 1. The molecule has 0 radical (unpaired) electrons. The molecule has 1 saturated carbocycles. The topological polar surface area (TPSA) is 21.3 Å². The van der Waals surface area contributed by atoms with Crippen LogP contribution < -0.4 is 5.32 Å². The molecule has 0 heterocycles. The van der Waals surface area contributed by atoms with Crippen LogP contribution in [0.2, 0.25) is 0 Å². The summed E-state index contributed by atoms with van der Waals surface area (Å²) in [4.78, 5) is 0. The Hall–Kier alpha value is -0.930. The highest BCUT2D eigenvalue weighted by atomic mass is 19.1. The van der Waals surface area contributed by atoms with E-state index >= 15 is 0 Å². The van der Waals surface area contributed by atoms with Crippen LogP contribution in [0.5, 0.6) is 0 Å². The van der Waals surface area contributed by atoms with Crippen molar-refractivity contribution in [3.63, 3.8) is 0 Å². The van der Waals surface area contributed by atoms with Gasteiger partial charge in [0.1, 0.15) is 5.82 Å². The van der Waals surface area contributed by atoms with Crippen LogP contribution in [0.3, 0.4) is 0 Å². The second kappa shape index (κ2) is 6.86. The summed E-state index contributed by atoms with van der Waals surface area (Å²) >= 11 is 0. The van der Waals surface area contributed by atoms with E-state index in [9.17, 15) is 4.39 Å². The van der Waals surface area contributed by atoms with Crippen LogP contribution in [-0.4, -0.2) is 13.2 Å². The molecule has 1 N–H and O–H groups in total. The maximum atomic E-state index is 13.7. The lowest BCUT2D eigenvalue weighted by Crippen LogP contribution is -2.16. The van der Waals surface area contributed by atoms with Gasteiger partial charge in [-0.1, -0.05) is 25.3 Å². The van der Waals surface area contributed by atoms with E-state index in [1.165, 1.54) is 25.3 Å². The Morgan fingerprint density at radius 1 is 1.28 bits per heavy atom. The molecule has 0 saturated heterocycles. The van der Waals surface area contributed by atoms with Gasteiger partial charge in [-0.2, -0.15) is 0 Å². The average Bonchev–Trinajstić information content (AvgIpc) is 2.41. The molecule has 3 heteroatoms. The molecule has 2 nitrogen and oxygen atoms in total. The molecule has 0 aliphatic heterocycles. The van der Waals surface area contributed by atoms with Gasteiger partial charge in [0.2, 0.25) is 0 Å².